The number of hydrogen-bond acceptors (Lipinski definition) is 5. The Hall–Kier alpha value is -1.18. The highest BCUT2D eigenvalue weighted by Crippen LogP contribution is 2.23. The molecule has 1 aromatic rings. The lowest BCUT2D eigenvalue weighted by Crippen LogP contribution is -2.40. The fourth-order valence-corrected chi connectivity index (χ4v) is 3.26. The summed E-state index contributed by atoms with van der Waals surface area (Å²) in [4.78, 5) is 18.7. The molecule has 0 aromatic carbocycles. The third-order valence-electron chi connectivity index (χ3n) is 3.85. The lowest BCUT2D eigenvalue weighted by atomic mass is 10.1. The average molecular weight is 326 g/mol. The zero-order chi connectivity index (χ0) is 16.2. The SMILES string of the molecule is COCc1csc(NC(=O)NCC2CCN(C(C)(C)C)C2)n1. The van der Waals surface area contributed by atoms with Gasteiger partial charge in [-0.3, -0.25) is 10.2 Å². The van der Waals surface area contributed by atoms with Crippen LogP contribution in [0.2, 0.25) is 0 Å². The summed E-state index contributed by atoms with van der Waals surface area (Å²) in [6, 6.07) is -0.187. The van der Waals surface area contributed by atoms with Crippen molar-refractivity contribution in [2.75, 3.05) is 32.1 Å². The van der Waals surface area contributed by atoms with Gasteiger partial charge in [0.05, 0.1) is 12.3 Å². The first-order valence-electron chi connectivity index (χ1n) is 7.61. The van der Waals surface area contributed by atoms with Crippen molar-refractivity contribution in [2.45, 2.75) is 39.3 Å². The van der Waals surface area contributed by atoms with Crippen LogP contribution in [0.3, 0.4) is 0 Å². The molecule has 2 N–H and O–H groups in total. The van der Waals surface area contributed by atoms with Crippen LogP contribution >= 0.6 is 11.3 Å². The second-order valence-corrected chi connectivity index (χ2v) is 7.54. The molecule has 2 rings (SSSR count). The summed E-state index contributed by atoms with van der Waals surface area (Å²) in [6.07, 6.45) is 1.13. The summed E-state index contributed by atoms with van der Waals surface area (Å²) in [5, 5.41) is 8.21. The summed E-state index contributed by atoms with van der Waals surface area (Å²) in [7, 11) is 1.63. The van der Waals surface area contributed by atoms with Gasteiger partial charge in [-0.25, -0.2) is 9.78 Å². The molecule has 0 bridgehead atoms. The maximum atomic E-state index is 11.9. The molecule has 1 fully saturated rings. The summed E-state index contributed by atoms with van der Waals surface area (Å²) >= 11 is 1.41. The Bertz CT molecular complexity index is 498. The summed E-state index contributed by atoms with van der Waals surface area (Å²) < 4.78 is 5.01. The zero-order valence-corrected chi connectivity index (χ0v) is 14.6. The topological polar surface area (TPSA) is 66.5 Å². The molecule has 22 heavy (non-hydrogen) atoms. The Kier molecular flexibility index (Phi) is 5.77. The highest BCUT2D eigenvalue weighted by Gasteiger charge is 2.30. The second-order valence-electron chi connectivity index (χ2n) is 6.68. The fraction of sp³-hybridized carbons (Fsp3) is 0.733. The number of thiazole rings is 1. The Morgan fingerprint density at radius 1 is 1.55 bits per heavy atom. The predicted octanol–water partition coefficient (Wildman–Crippen LogP) is 2.53. The van der Waals surface area contributed by atoms with Gasteiger partial charge in [-0.1, -0.05) is 0 Å². The van der Waals surface area contributed by atoms with Crippen molar-refractivity contribution in [2.24, 2.45) is 5.92 Å². The minimum absolute atomic E-state index is 0.187. The molecule has 1 saturated heterocycles. The second kappa shape index (κ2) is 7.39. The van der Waals surface area contributed by atoms with E-state index in [1.807, 2.05) is 5.38 Å². The van der Waals surface area contributed by atoms with E-state index in [-0.39, 0.29) is 11.6 Å². The van der Waals surface area contributed by atoms with Crippen LogP contribution in [0, 0.1) is 5.92 Å². The van der Waals surface area contributed by atoms with E-state index in [0.29, 0.717) is 24.2 Å². The van der Waals surface area contributed by atoms with E-state index < -0.39 is 0 Å². The number of nitrogens with zero attached hydrogens (tertiary/aromatic N) is 2. The zero-order valence-electron chi connectivity index (χ0n) is 13.8. The van der Waals surface area contributed by atoms with Crippen molar-refractivity contribution in [3.05, 3.63) is 11.1 Å². The van der Waals surface area contributed by atoms with Gasteiger partial charge >= 0.3 is 6.03 Å². The third kappa shape index (κ3) is 4.93. The maximum Gasteiger partial charge on any atom is 0.321 e. The molecule has 7 heteroatoms. The molecule has 1 aliphatic heterocycles. The van der Waals surface area contributed by atoms with E-state index >= 15 is 0 Å². The van der Waals surface area contributed by atoms with Gasteiger partial charge in [0.2, 0.25) is 0 Å². The van der Waals surface area contributed by atoms with E-state index in [2.05, 4.69) is 41.3 Å². The molecule has 1 unspecified atom stereocenters. The van der Waals surface area contributed by atoms with Gasteiger partial charge < -0.3 is 10.1 Å². The number of hydrogen-bond donors (Lipinski definition) is 2. The van der Waals surface area contributed by atoms with Crippen LogP contribution < -0.4 is 10.6 Å². The molecule has 0 saturated carbocycles. The van der Waals surface area contributed by atoms with Gasteiger partial charge in [0.15, 0.2) is 5.13 Å². The van der Waals surface area contributed by atoms with Crippen molar-refractivity contribution in [3.8, 4) is 0 Å². The predicted molar refractivity (Wildman–Crippen MR) is 89.3 cm³/mol. The minimum Gasteiger partial charge on any atom is -0.378 e. The van der Waals surface area contributed by atoms with E-state index in [4.69, 9.17) is 4.74 Å². The van der Waals surface area contributed by atoms with Gasteiger partial charge in [-0.2, -0.15) is 0 Å². The van der Waals surface area contributed by atoms with Crippen LogP contribution in [-0.4, -0.2) is 48.2 Å². The summed E-state index contributed by atoms with van der Waals surface area (Å²) in [5.74, 6) is 0.519. The van der Waals surface area contributed by atoms with E-state index in [9.17, 15) is 4.79 Å². The van der Waals surface area contributed by atoms with Crippen molar-refractivity contribution in [3.63, 3.8) is 0 Å². The molecule has 6 nitrogen and oxygen atoms in total. The van der Waals surface area contributed by atoms with Gasteiger partial charge in [0.1, 0.15) is 0 Å². The van der Waals surface area contributed by atoms with Crippen LogP contribution in [0.15, 0.2) is 5.38 Å². The molecule has 0 aliphatic carbocycles. The Balaban J connectivity index is 1.72. The summed E-state index contributed by atoms with van der Waals surface area (Å²) in [6.45, 7) is 10.0. The van der Waals surface area contributed by atoms with Crippen LogP contribution in [-0.2, 0) is 11.3 Å². The van der Waals surface area contributed by atoms with Gasteiger partial charge in [-0.05, 0) is 39.7 Å². The quantitative estimate of drug-likeness (QED) is 0.872. The number of anilines is 1. The number of urea groups is 1. The highest BCUT2D eigenvalue weighted by molar-refractivity contribution is 7.13. The molecule has 1 atom stereocenters. The standard InChI is InChI=1S/C15H26N4O2S/c1-15(2,3)19-6-5-11(8-19)7-16-13(20)18-14-17-12(9-21-4)10-22-14/h10-11H,5-9H2,1-4H3,(H2,16,17,18,20). The fourth-order valence-electron chi connectivity index (χ4n) is 2.57. The number of rotatable bonds is 5. The first-order chi connectivity index (χ1) is 10.4. The van der Waals surface area contributed by atoms with Crippen LogP contribution in [0.4, 0.5) is 9.93 Å². The lowest BCUT2D eigenvalue weighted by Gasteiger charge is -2.31. The number of amides is 2. The molecule has 2 heterocycles. The lowest BCUT2D eigenvalue weighted by molar-refractivity contribution is 0.168. The first-order valence-corrected chi connectivity index (χ1v) is 8.49. The van der Waals surface area contributed by atoms with Crippen molar-refractivity contribution < 1.29 is 9.53 Å². The number of likely N-dealkylation sites (tertiary alicyclic amines) is 1. The van der Waals surface area contributed by atoms with Gasteiger partial charge in [-0.15, -0.1) is 11.3 Å². The molecule has 124 valence electrons. The molecule has 1 aromatic heterocycles. The molecule has 2 amide bonds. The van der Waals surface area contributed by atoms with Crippen molar-refractivity contribution in [1.29, 1.82) is 0 Å². The Morgan fingerprint density at radius 3 is 2.95 bits per heavy atom. The van der Waals surface area contributed by atoms with Crippen LogP contribution in [0.5, 0.6) is 0 Å². The van der Waals surface area contributed by atoms with E-state index in [1.165, 1.54) is 11.3 Å². The molecule has 0 radical (unpaired) electrons. The van der Waals surface area contributed by atoms with Gasteiger partial charge in [0.25, 0.3) is 0 Å². The summed E-state index contributed by atoms with van der Waals surface area (Å²) in [5.41, 5.74) is 1.04. The average Bonchev–Trinajstić information content (AvgIpc) is 3.05. The molecule has 0 spiro atoms. The van der Waals surface area contributed by atoms with E-state index in [1.54, 1.807) is 7.11 Å². The number of carbonyl (C=O) groups is 1. The van der Waals surface area contributed by atoms with Crippen molar-refractivity contribution in [1.82, 2.24) is 15.2 Å². The Labute approximate surface area is 136 Å². The van der Waals surface area contributed by atoms with Crippen LogP contribution in [0.25, 0.3) is 0 Å². The minimum atomic E-state index is -0.187. The Morgan fingerprint density at radius 2 is 2.32 bits per heavy atom. The number of carbonyl (C=O) groups excluding carboxylic acids is 1. The monoisotopic (exact) mass is 326 g/mol. The molecular weight excluding hydrogens is 300 g/mol. The molecular formula is C15H26N4O2S. The van der Waals surface area contributed by atoms with Crippen molar-refractivity contribution >= 4 is 22.5 Å². The highest BCUT2D eigenvalue weighted by atomic mass is 32.1. The third-order valence-corrected chi connectivity index (χ3v) is 4.66. The number of ether oxygens (including phenoxy) is 1. The number of aromatic nitrogens is 1. The largest absolute Gasteiger partial charge is 0.378 e. The number of nitrogens with one attached hydrogen (secondary N) is 2. The first kappa shape index (κ1) is 17.2. The van der Waals surface area contributed by atoms with Crippen LogP contribution in [0.1, 0.15) is 32.9 Å². The van der Waals surface area contributed by atoms with E-state index in [0.717, 1.165) is 25.2 Å². The normalized spacial score (nSPS) is 19.4. The molecule has 1 aliphatic rings. The maximum absolute atomic E-state index is 11.9. The smallest absolute Gasteiger partial charge is 0.321 e. The number of methoxy groups -OCH3 is 1. The van der Waals surface area contributed by atoms with Gasteiger partial charge in [0, 0.05) is 31.1 Å².